The highest BCUT2D eigenvalue weighted by Gasteiger charge is 2.54. The van der Waals surface area contributed by atoms with Gasteiger partial charge in [0.05, 0.1) is 17.2 Å². The molecule has 2 aliphatic rings. The number of hydrogen-bond donors (Lipinski definition) is 1. The number of halogens is 2. The maximum atomic E-state index is 14.5. The minimum Gasteiger partial charge on any atom is -0.330 e. The number of piperidine rings is 1. The lowest BCUT2D eigenvalue weighted by molar-refractivity contribution is -0.158. The van der Waals surface area contributed by atoms with Gasteiger partial charge in [-0.05, 0) is 73.9 Å². The fraction of sp³-hybridized carbons (Fsp3) is 0.500. The van der Waals surface area contributed by atoms with E-state index < -0.39 is 15.4 Å². The molecule has 0 bridgehead atoms. The zero-order valence-electron chi connectivity index (χ0n) is 21.2. The summed E-state index contributed by atoms with van der Waals surface area (Å²) in [5.41, 5.74) is 1.02. The quantitative estimate of drug-likeness (QED) is 0.352. The van der Waals surface area contributed by atoms with Crippen LogP contribution in [0.5, 0.6) is 0 Å². The zero-order chi connectivity index (χ0) is 26.8. The highest BCUT2D eigenvalue weighted by Crippen LogP contribution is 2.54. The summed E-state index contributed by atoms with van der Waals surface area (Å²) < 4.78 is 27.6. The number of sulfonamides is 1. The zero-order valence-corrected chi connectivity index (χ0v) is 23.5. The second kappa shape index (κ2) is 11.4. The van der Waals surface area contributed by atoms with Crippen LogP contribution < -0.4 is 4.72 Å². The van der Waals surface area contributed by atoms with Gasteiger partial charge in [-0.3, -0.25) is 4.79 Å². The van der Waals surface area contributed by atoms with Crippen LogP contribution in [0.25, 0.3) is 0 Å². The third kappa shape index (κ3) is 6.06. The van der Waals surface area contributed by atoms with Crippen molar-refractivity contribution >= 4 is 45.4 Å². The topological polar surface area (TPSA) is 83.6 Å². The van der Waals surface area contributed by atoms with E-state index in [1.54, 1.807) is 6.92 Å². The van der Waals surface area contributed by atoms with Crippen LogP contribution in [0, 0.1) is 11.3 Å². The first-order valence-electron chi connectivity index (χ1n) is 12.9. The Morgan fingerprint density at radius 1 is 1.08 bits per heavy atom. The summed E-state index contributed by atoms with van der Waals surface area (Å²) in [5, 5.41) is 1.19. The van der Waals surface area contributed by atoms with Crippen molar-refractivity contribution in [2.75, 3.05) is 12.3 Å². The first kappa shape index (κ1) is 28.1. The van der Waals surface area contributed by atoms with E-state index >= 15 is 0 Å². The highest BCUT2D eigenvalue weighted by atomic mass is 35.5. The number of benzene rings is 2. The molecule has 4 atom stereocenters. The van der Waals surface area contributed by atoms with Crippen LogP contribution in [0.3, 0.4) is 0 Å². The van der Waals surface area contributed by atoms with Gasteiger partial charge in [0.1, 0.15) is 6.29 Å². The Labute approximate surface area is 229 Å². The van der Waals surface area contributed by atoms with Crippen molar-refractivity contribution in [3.63, 3.8) is 0 Å². The molecule has 1 saturated heterocycles. The molecule has 200 valence electrons. The second-order valence-electron chi connectivity index (χ2n) is 10.2. The molecular weight excluding hydrogens is 531 g/mol. The average molecular weight is 566 g/mol. The van der Waals surface area contributed by atoms with Crippen LogP contribution in [0.2, 0.25) is 10.0 Å². The number of hydrogen-bond acceptors (Lipinski definition) is 4. The molecule has 1 aliphatic heterocycles. The van der Waals surface area contributed by atoms with Gasteiger partial charge in [-0.25, -0.2) is 13.1 Å². The smallest absolute Gasteiger partial charge is 0.230 e. The largest absolute Gasteiger partial charge is 0.330 e. The fourth-order valence-corrected chi connectivity index (χ4v) is 6.67. The molecule has 1 N–H and O–H groups in total. The van der Waals surface area contributed by atoms with Gasteiger partial charge < -0.3 is 9.69 Å². The molecule has 6 nitrogen and oxygen atoms in total. The predicted octanol–water partition coefficient (Wildman–Crippen LogP) is 5.75. The van der Waals surface area contributed by atoms with Crippen LogP contribution in [0.4, 0.5) is 0 Å². The van der Waals surface area contributed by atoms with E-state index in [2.05, 4.69) is 4.72 Å². The number of aldehydes is 1. The summed E-state index contributed by atoms with van der Waals surface area (Å²) in [6, 6.07) is 14.4. The predicted molar refractivity (Wildman–Crippen MR) is 147 cm³/mol. The van der Waals surface area contributed by atoms with Gasteiger partial charge in [-0.2, -0.15) is 0 Å². The molecule has 0 aromatic heterocycles. The van der Waals surface area contributed by atoms with E-state index in [0.29, 0.717) is 22.9 Å². The Morgan fingerprint density at radius 2 is 1.78 bits per heavy atom. The molecular formula is C28H34Cl2N2O4S. The Hall–Kier alpha value is -1.93. The molecule has 9 heteroatoms. The van der Waals surface area contributed by atoms with Crippen molar-refractivity contribution in [1.82, 2.24) is 9.62 Å². The summed E-state index contributed by atoms with van der Waals surface area (Å²) in [6.45, 7) is 3.68. The van der Waals surface area contributed by atoms with Crippen molar-refractivity contribution in [3.8, 4) is 0 Å². The number of carbonyl (C=O) groups is 2. The van der Waals surface area contributed by atoms with Crippen molar-refractivity contribution < 1.29 is 18.0 Å². The van der Waals surface area contributed by atoms with Gasteiger partial charge in [0.2, 0.25) is 15.9 Å². The Balaban J connectivity index is 1.90. The molecule has 1 aliphatic carbocycles. The third-order valence-electron chi connectivity index (χ3n) is 8.03. The lowest BCUT2D eigenvalue weighted by Crippen LogP contribution is -2.59. The average Bonchev–Trinajstić information content (AvgIpc) is 3.72. The van der Waals surface area contributed by atoms with Crippen LogP contribution in [0.1, 0.15) is 69.0 Å². The minimum atomic E-state index is -3.46. The van der Waals surface area contributed by atoms with Crippen LogP contribution in [0.15, 0.2) is 48.5 Å². The van der Waals surface area contributed by atoms with Gasteiger partial charge in [0.25, 0.3) is 0 Å². The van der Waals surface area contributed by atoms with Crippen molar-refractivity contribution in [3.05, 3.63) is 69.7 Å². The standard InChI is InChI=1S/C28H34Cl2N2O4S/c1-3-28(14-15-33)17-24(21-6-5-7-23(30)16-21)26(20-10-12-22(29)13-11-20)32(27(28)34)25(19-8-9-19)18-31-37(35,36)4-2/h5-7,10-13,15-16,19,24-26,31H,3-4,8-9,14,17-18H2,1-2H3. The summed E-state index contributed by atoms with van der Waals surface area (Å²) in [6.07, 6.45) is 3.78. The van der Waals surface area contributed by atoms with E-state index in [0.717, 1.165) is 30.3 Å². The van der Waals surface area contributed by atoms with Crippen LogP contribution >= 0.6 is 23.2 Å². The molecule has 1 saturated carbocycles. The SMILES string of the molecule is CCC1(CC=O)CC(c2cccc(Cl)c2)C(c2ccc(Cl)cc2)N(C(CNS(=O)(=O)CC)C2CC2)C1=O. The van der Waals surface area contributed by atoms with Gasteiger partial charge >= 0.3 is 0 Å². The van der Waals surface area contributed by atoms with Crippen LogP contribution in [-0.2, 0) is 19.6 Å². The van der Waals surface area contributed by atoms with Crippen molar-refractivity contribution in [2.24, 2.45) is 11.3 Å². The monoisotopic (exact) mass is 564 g/mol. The van der Waals surface area contributed by atoms with E-state index in [1.165, 1.54) is 0 Å². The molecule has 4 unspecified atom stereocenters. The first-order valence-corrected chi connectivity index (χ1v) is 15.3. The third-order valence-corrected chi connectivity index (χ3v) is 9.89. The summed E-state index contributed by atoms with van der Waals surface area (Å²) in [4.78, 5) is 28.3. The van der Waals surface area contributed by atoms with E-state index in [1.807, 2.05) is 60.4 Å². The maximum Gasteiger partial charge on any atom is 0.230 e. The summed E-state index contributed by atoms with van der Waals surface area (Å²) in [5.74, 6) is -0.0923. The lowest BCUT2D eigenvalue weighted by Gasteiger charge is -2.53. The van der Waals surface area contributed by atoms with Gasteiger partial charge in [-0.15, -0.1) is 0 Å². The molecule has 1 heterocycles. The van der Waals surface area contributed by atoms with E-state index in [-0.39, 0.29) is 48.5 Å². The molecule has 2 aromatic rings. The number of carbonyl (C=O) groups excluding carboxylic acids is 2. The molecule has 2 fully saturated rings. The van der Waals surface area contributed by atoms with Gasteiger partial charge in [0, 0.05) is 35.0 Å². The molecule has 2 aromatic carbocycles. The Kier molecular flexibility index (Phi) is 8.68. The number of likely N-dealkylation sites (tertiary alicyclic amines) is 1. The van der Waals surface area contributed by atoms with E-state index in [4.69, 9.17) is 23.2 Å². The fourth-order valence-electron chi connectivity index (χ4n) is 5.72. The lowest BCUT2D eigenvalue weighted by atomic mass is 9.65. The Bertz CT molecular complexity index is 1230. The van der Waals surface area contributed by atoms with E-state index in [9.17, 15) is 18.0 Å². The van der Waals surface area contributed by atoms with Crippen molar-refractivity contribution in [1.29, 1.82) is 0 Å². The molecule has 0 spiro atoms. The number of amides is 1. The van der Waals surface area contributed by atoms with Gasteiger partial charge in [-0.1, -0.05) is 54.4 Å². The highest BCUT2D eigenvalue weighted by molar-refractivity contribution is 7.89. The summed E-state index contributed by atoms with van der Waals surface area (Å²) >= 11 is 12.6. The van der Waals surface area contributed by atoms with Gasteiger partial charge in [0.15, 0.2) is 0 Å². The summed E-state index contributed by atoms with van der Waals surface area (Å²) in [7, 11) is -3.46. The van der Waals surface area contributed by atoms with Crippen molar-refractivity contribution in [2.45, 2.75) is 64.0 Å². The molecule has 0 radical (unpaired) electrons. The molecule has 1 amide bonds. The second-order valence-corrected chi connectivity index (χ2v) is 13.2. The maximum absolute atomic E-state index is 14.5. The number of nitrogens with one attached hydrogen (secondary N) is 1. The minimum absolute atomic E-state index is 0.0336. The number of rotatable bonds is 11. The van der Waals surface area contributed by atoms with Crippen LogP contribution in [-0.4, -0.2) is 43.9 Å². The molecule has 37 heavy (non-hydrogen) atoms. The molecule has 4 rings (SSSR count). The first-order chi connectivity index (χ1) is 17.6. The Morgan fingerprint density at radius 3 is 2.35 bits per heavy atom. The normalized spacial score (nSPS) is 25.2. The number of nitrogens with zero attached hydrogens (tertiary/aromatic N) is 1.